The number of hydrogen-bond acceptors (Lipinski definition) is 5. The summed E-state index contributed by atoms with van der Waals surface area (Å²) in [6, 6.07) is 11.2. The van der Waals surface area contributed by atoms with Gasteiger partial charge >= 0.3 is 0 Å². The zero-order chi connectivity index (χ0) is 22.3. The van der Waals surface area contributed by atoms with Crippen LogP contribution >= 0.6 is 0 Å². The first kappa shape index (κ1) is 20.4. The fourth-order valence-corrected chi connectivity index (χ4v) is 3.56. The number of benzene rings is 1. The van der Waals surface area contributed by atoms with E-state index in [9.17, 15) is 9.59 Å². The minimum Gasteiger partial charge on any atom is -0.445 e. The quantitative estimate of drug-likeness (QED) is 0.457. The molecule has 3 N–H and O–H groups in total. The van der Waals surface area contributed by atoms with Crippen molar-refractivity contribution < 1.29 is 14.0 Å². The van der Waals surface area contributed by atoms with Gasteiger partial charge in [-0.2, -0.15) is 10.2 Å². The highest BCUT2D eigenvalue weighted by atomic mass is 16.3. The van der Waals surface area contributed by atoms with E-state index in [1.807, 2.05) is 51.1 Å². The number of nitrogens with zero attached hydrogens (tertiary/aromatic N) is 3. The van der Waals surface area contributed by atoms with Crippen molar-refractivity contribution in [2.75, 3.05) is 5.32 Å². The summed E-state index contributed by atoms with van der Waals surface area (Å²) in [7, 11) is 1.78. The van der Waals surface area contributed by atoms with Crippen LogP contribution in [0, 0.1) is 13.8 Å². The van der Waals surface area contributed by atoms with Gasteiger partial charge in [-0.1, -0.05) is 30.3 Å². The third-order valence-corrected chi connectivity index (χ3v) is 5.35. The van der Waals surface area contributed by atoms with Crippen molar-refractivity contribution >= 4 is 28.7 Å². The van der Waals surface area contributed by atoms with Crippen molar-refractivity contribution in [2.24, 2.45) is 7.05 Å². The van der Waals surface area contributed by atoms with E-state index < -0.39 is 5.54 Å². The maximum absolute atomic E-state index is 12.8. The summed E-state index contributed by atoms with van der Waals surface area (Å²) in [5.41, 5.74) is 3.03. The van der Waals surface area contributed by atoms with Gasteiger partial charge in [-0.3, -0.25) is 19.4 Å². The van der Waals surface area contributed by atoms with E-state index in [1.165, 1.54) is 0 Å². The Labute approximate surface area is 178 Å². The van der Waals surface area contributed by atoms with Gasteiger partial charge in [0.15, 0.2) is 17.2 Å². The summed E-state index contributed by atoms with van der Waals surface area (Å²) in [5.74, 6) is -0.375. The lowest BCUT2D eigenvalue weighted by Crippen LogP contribution is -2.40. The molecular formula is C22H24N6O3. The number of hydrogen-bond donors (Lipinski definition) is 3. The number of rotatable bonds is 5. The number of carbonyl (C=O) groups excluding carboxylic acids is 2. The van der Waals surface area contributed by atoms with Crippen LogP contribution in [0.5, 0.6) is 0 Å². The van der Waals surface area contributed by atoms with E-state index in [4.69, 9.17) is 4.42 Å². The Kier molecular flexibility index (Phi) is 4.88. The molecule has 4 rings (SSSR count). The Morgan fingerprint density at radius 1 is 1.13 bits per heavy atom. The fraction of sp³-hybridized carbons (Fsp3) is 0.273. The van der Waals surface area contributed by atoms with Crippen LogP contribution in [0.4, 0.5) is 5.82 Å². The van der Waals surface area contributed by atoms with Crippen LogP contribution in [0.3, 0.4) is 0 Å². The summed E-state index contributed by atoms with van der Waals surface area (Å²) < 4.78 is 7.39. The predicted octanol–water partition coefficient (Wildman–Crippen LogP) is 3.42. The Morgan fingerprint density at radius 3 is 2.48 bits per heavy atom. The average molecular weight is 420 g/mol. The number of fused-ring (bicyclic) bond motifs is 1. The molecule has 0 unspecified atom stereocenters. The van der Waals surface area contributed by atoms with Crippen LogP contribution < -0.4 is 10.6 Å². The molecule has 4 aromatic rings. The summed E-state index contributed by atoms with van der Waals surface area (Å²) in [6.45, 7) is 7.42. The molecule has 3 heterocycles. The van der Waals surface area contributed by atoms with Crippen molar-refractivity contribution in [2.45, 2.75) is 33.2 Å². The maximum Gasteiger partial charge on any atom is 0.287 e. The number of amides is 2. The van der Waals surface area contributed by atoms with E-state index >= 15 is 0 Å². The normalized spacial score (nSPS) is 11.6. The van der Waals surface area contributed by atoms with Gasteiger partial charge in [0.05, 0.1) is 16.8 Å². The molecule has 160 valence electrons. The van der Waals surface area contributed by atoms with Gasteiger partial charge in [0, 0.05) is 18.8 Å². The van der Waals surface area contributed by atoms with Crippen molar-refractivity contribution in [1.82, 2.24) is 25.3 Å². The topological polar surface area (TPSA) is 118 Å². The third kappa shape index (κ3) is 3.70. The van der Waals surface area contributed by atoms with Crippen LogP contribution in [0.15, 0.2) is 40.8 Å². The lowest BCUT2D eigenvalue weighted by molar-refractivity contribution is 0.0885. The Morgan fingerprint density at radius 2 is 1.84 bits per heavy atom. The molecule has 2 amide bonds. The minimum absolute atomic E-state index is 0.122. The first-order valence-corrected chi connectivity index (χ1v) is 9.85. The van der Waals surface area contributed by atoms with Gasteiger partial charge in [0.2, 0.25) is 0 Å². The van der Waals surface area contributed by atoms with Gasteiger partial charge in [-0.15, -0.1) is 0 Å². The second-order valence-electron chi connectivity index (χ2n) is 7.99. The number of aromatic nitrogens is 4. The molecule has 0 spiro atoms. The third-order valence-electron chi connectivity index (χ3n) is 5.35. The second-order valence-corrected chi connectivity index (χ2v) is 7.99. The van der Waals surface area contributed by atoms with Crippen molar-refractivity contribution in [3.8, 4) is 0 Å². The lowest BCUT2D eigenvalue weighted by Gasteiger charge is -2.26. The van der Waals surface area contributed by atoms with E-state index in [1.54, 1.807) is 24.7 Å². The Bertz CT molecular complexity index is 1280. The highest BCUT2D eigenvalue weighted by Gasteiger charge is 2.26. The van der Waals surface area contributed by atoms with Crippen molar-refractivity contribution in [3.05, 3.63) is 64.7 Å². The highest BCUT2D eigenvalue weighted by Crippen LogP contribution is 2.27. The molecule has 0 bridgehead atoms. The zero-order valence-electron chi connectivity index (χ0n) is 18.0. The second kappa shape index (κ2) is 7.42. The number of aryl methyl sites for hydroxylation is 2. The molecule has 9 heteroatoms. The monoisotopic (exact) mass is 420 g/mol. The van der Waals surface area contributed by atoms with Crippen LogP contribution in [-0.4, -0.2) is 31.8 Å². The molecule has 0 radical (unpaired) electrons. The summed E-state index contributed by atoms with van der Waals surface area (Å²) in [5, 5.41) is 16.9. The molecule has 31 heavy (non-hydrogen) atoms. The van der Waals surface area contributed by atoms with Gasteiger partial charge in [0.1, 0.15) is 5.52 Å². The molecule has 0 saturated carbocycles. The summed E-state index contributed by atoms with van der Waals surface area (Å²) in [6.07, 6.45) is 0. The number of H-pyrrole nitrogens is 1. The number of carbonyl (C=O) groups is 2. The van der Waals surface area contributed by atoms with Crippen LogP contribution in [-0.2, 0) is 12.6 Å². The number of nitrogens with one attached hydrogen (secondary N) is 3. The molecule has 0 saturated heterocycles. The van der Waals surface area contributed by atoms with E-state index in [2.05, 4.69) is 25.9 Å². The molecular weight excluding hydrogens is 396 g/mol. The highest BCUT2D eigenvalue weighted by molar-refractivity contribution is 6.08. The number of anilines is 1. The van der Waals surface area contributed by atoms with Gasteiger partial charge < -0.3 is 15.1 Å². The first-order chi connectivity index (χ1) is 14.7. The molecule has 0 aliphatic carbocycles. The largest absolute Gasteiger partial charge is 0.445 e. The van der Waals surface area contributed by atoms with Gasteiger partial charge in [0.25, 0.3) is 11.8 Å². The summed E-state index contributed by atoms with van der Waals surface area (Å²) in [4.78, 5) is 25.6. The number of aromatic amines is 1. The molecule has 3 aromatic heterocycles. The molecule has 9 nitrogen and oxygen atoms in total. The van der Waals surface area contributed by atoms with E-state index in [0.29, 0.717) is 22.4 Å². The van der Waals surface area contributed by atoms with Crippen LogP contribution in [0.2, 0.25) is 0 Å². The molecule has 1 aromatic carbocycles. The Balaban J connectivity index is 1.56. The van der Waals surface area contributed by atoms with Gasteiger partial charge in [-0.25, -0.2) is 0 Å². The van der Waals surface area contributed by atoms with Crippen molar-refractivity contribution in [3.63, 3.8) is 0 Å². The van der Waals surface area contributed by atoms with E-state index in [-0.39, 0.29) is 23.4 Å². The average Bonchev–Trinajstić information content (AvgIpc) is 3.37. The summed E-state index contributed by atoms with van der Waals surface area (Å²) >= 11 is 0. The fourth-order valence-electron chi connectivity index (χ4n) is 3.56. The first-order valence-electron chi connectivity index (χ1n) is 9.85. The molecule has 0 aliphatic rings. The van der Waals surface area contributed by atoms with Crippen LogP contribution in [0.25, 0.3) is 11.1 Å². The smallest absolute Gasteiger partial charge is 0.287 e. The lowest BCUT2D eigenvalue weighted by atomic mass is 9.94. The minimum atomic E-state index is -0.594. The van der Waals surface area contributed by atoms with Crippen molar-refractivity contribution in [1.29, 1.82) is 0 Å². The predicted molar refractivity (Wildman–Crippen MR) is 116 cm³/mol. The molecule has 0 aliphatic heterocycles. The maximum atomic E-state index is 12.8. The molecule has 0 atom stereocenters. The SMILES string of the molecule is Cc1nn(C)c(C)c1C(=O)Nc1n[nH]c2cc(C(=O)NC(C)(C)c3ccccc3)oc12. The van der Waals surface area contributed by atoms with Gasteiger partial charge in [-0.05, 0) is 33.3 Å². The molecule has 0 fully saturated rings. The zero-order valence-corrected chi connectivity index (χ0v) is 18.0. The van der Waals surface area contributed by atoms with Crippen LogP contribution in [0.1, 0.15) is 51.7 Å². The van der Waals surface area contributed by atoms with E-state index in [0.717, 1.165) is 11.3 Å². The Hall–Kier alpha value is -3.88. The standard InChI is InChI=1S/C22H24N6O3/c1-12-17(13(2)28(5)27-12)21(30)23-19-18-15(25-26-19)11-16(31-18)20(29)24-22(3,4)14-9-7-6-8-10-14/h6-11H,1-5H3,(H,24,29)(H2,23,25,26,30). The number of furan rings is 1.